The number of carboxylic acid groups (broad SMARTS) is 1. The summed E-state index contributed by atoms with van der Waals surface area (Å²) in [5, 5.41) is 17.3. The van der Waals surface area contributed by atoms with Gasteiger partial charge in [0.1, 0.15) is 0 Å². The summed E-state index contributed by atoms with van der Waals surface area (Å²) in [5.74, 6) is -1.07. The lowest BCUT2D eigenvalue weighted by Crippen LogP contribution is -2.20. The Labute approximate surface area is 87.7 Å². The first-order valence-corrected chi connectivity index (χ1v) is 5.05. The average molecular weight is 245 g/mol. The molecule has 0 aliphatic carbocycles. The Morgan fingerprint density at radius 2 is 2.00 bits per heavy atom. The SMILES string of the molecule is COS(=O)(=O)OCC(O)CCC(=O)O.N. The summed E-state index contributed by atoms with van der Waals surface area (Å²) in [6, 6.07) is 0. The highest BCUT2D eigenvalue weighted by Crippen LogP contribution is 2.01. The molecule has 5 N–H and O–H groups in total. The first-order valence-electron chi connectivity index (χ1n) is 3.72. The van der Waals surface area contributed by atoms with Crippen molar-refractivity contribution < 1.29 is 31.8 Å². The predicted octanol–water partition coefficient (Wildman–Crippen LogP) is -0.718. The third-order valence-corrected chi connectivity index (χ3v) is 2.13. The van der Waals surface area contributed by atoms with Gasteiger partial charge in [-0.05, 0) is 6.42 Å². The van der Waals surface area contributed by atoms with Gasteiger partial charge in [0.05, 0.1) is 19.8 Å². The third kappa shape index (κ3) is 9.56. The highest BCUT2D eigenvalue weighted by Gasteiger charge is 2.14. The molecule has 1 atom stereocenters. The van der Waals surface area contributed by atoms with Gasteiger partial charge in [0.15, 0.2) is 0 Å². The number of aliphatic hydroxyl groups excluding tert-OH is 1. The minimum Gasteiger partial charge on any atom is -0.481 e. The molecule has 0 spiro atoms. The fourth-order valence-electron chi connectivity index (χ4n) is 0.583. The summed E-state index contributed by atoms with van der Waals surface area (Å²) >= 11 is 0. The van der Waals surface area contributed by atoms with Crippen LogP contribution in [0.5, 0.6) is 0 Å². The Bertz CT molecular complexity index is 275. The lowest BCUT2D eigenvalue weighted by atomic mass is 10.2. The quantitative estimate of drug-likeness (QED) is 0.532. The van der Waals surface area contributed by atoms with Gasteiger partial charge in [-0.25, -0.2) is 4.18 Å². The van der Waals surface area contributed by atoms with Gasteiger partial charge in [0.25, 0.3) is 0 Å². The van der Waals surface area contributed by atoms with Crippen molar-refractivity contribution in [3.8, 4) is 0 Å². The summed E-state index contributed by atoms with van der Waals surface area (Å²) in [5.41, 5.74) is 0. The maximum atomic E-state index is 10.6. The minimum absolute atomic E-state index is 0. The van der Waals surface area contributed by atoms with Crippen LogP contribution >= 0.6 is 0 Å². The highest BCUT2D eigenvalue weighted by molar-refractivity contribution is 7.81. The normalized spacial score (nSPS) is 12.9. The molecule has 0 saturated carbocycles. The van der Waals surface area contributed by atoms with Crippen molar-refractivity contribution in [1.29, 1.82) is 0 Å². The minimum atomic E-state index is -4.06. The first-order chi connectivity index (χ1) is 6.37. The van der Waals surface area contributed by atoms with E-state index >= 15 is 0 Å². The second kappa shape index (κ2) is 7.54. The van der Waals surface area contributed by atoms with E-state index in [4.69, 9.17) is 10.2 Å². The van der Waals surface area contributed by atoms with Crippen molar-refractivity contribution in [3.63, 3.8) is 0 Å². The second-order valence-electron chi connectivity index (χ2n) is 2.45. The largest absolute Gasteiger partial charge is 0.481 e. The molecule has 92 valence electrons. The first kappa shape index (κ1) is 16.7. The summed E-state index contributed by atoms with van der Waals surface area (Å²) < 4.78 is 29.3. The molecule has 9 heteroatoms. The summed E-state index contributed by atoms with van der Waals surface area (Å²) in [6.45, 7) is -0.510. The molecule has 0 rings (SSSR count). The molecule has 0 amide bonds. The van der Waals surface area contributed by atoms with Crippen molar-refractivity contribution in [2.45, 2.75) is 18.9 Å². The van der Waals surface area contributed by atoms with Crippen LogP contribution in [0.15, 0.2) is 0 Å². The van der Waals surface area contributed by atoms with Crippen LogP contribution in [0.3, 0.4) is 0 Å². The Morgan fingerprint density at radius 1 is 1.47 bits per heavy atom. The van der Waals surface area contributed by atoms with E-state index in [1.165, 1.54) is 0 Å². The van der Waals surface area contributed by atoms with Crippen LogP contribution < -0.4 is 6.15 Å². The molecule has 0 bridgehead atoms. The molecular formula is C6H15NO7S. The van der Waals surface area contributed by atoms with Crippen LogP contribution in [-0.2, 0) is 23.6 Å². The van der Waals surface area contributed by atoms with Crippen molar-refractivity contribution in [3.05, 3.63) is 0 Å². The van der Waals surface area contributed by atoms with Gasteiger partial charge in [0, 0.05) is 6.42 Å². The maximum Gasteiger partial charge on any atom is 0.399 e. The van der Waals surface area contributed by atoms with Gasteiger partial charge in [-0.1, -0.05) is 0 Å². The van der Waals surface area contributed by atoms with Crippen LogP contribution in [0.1, 0.15) is 12.8 Å². The number of rotatable bonds is 7. The van der Waals surface area contributed by atoms with Crippen molar-refractivity contribution >= 4 is 16.4 Å². The smallest absolute Gasteiger partial charge is 0.399 e. The van der Waals surface area contributed by atoms with Crippen LogP contribution in [0.25, 0.3) is 0 Å². The second-order valence-corrected chi connectivity index (χ2v) is 3.83. The van der Waals surface area contributed by atoms with E-state index in [-0.39, 0.29) is 19.0 Å². The van der Waals surface area contributed by atoms with Gasteiger partial charge >= 0.3 is 16.4 Å². The molecule has 0 heterocycles. The number of hydrogen-bond acceptors (Lipinski definition) is 7. The zero-order valence-electron chi connectivity index (χ0n) is 8.25. The molecule has 0 aromatic rings. The molecule has 0 radical (unpaired) electrons. The Morgan fingerprint density at radius 3 is 2.40 bits per heavy atom. The molecule has 0 saturated heterocycles. The molecule has 0 aliphatic rings. The van der Waals surface area contributed by atoms with Gasteiger partial charge in [-0.3, -0.25) is 8.98 Å². The molecular weight excluding hydrogens is 230 g/mol. The van der Waals surface area contributed by atoms with E-state index < -0.39 is 29.1 Å². The summed E-state index contributed by atoms with van der Waals surface area (Å²) in [7, 11) is -3.14. The zero-order chi connectivity index (χ0) is 11.2. The van der Waals surface area contributed by atoms with E-state index in [1.54, 1.807) is 0 Å². The van der Waals surface area contributed by atoms with Gasteiger partial charge in [0.2, 0.25) is 0 Å². The van der Waals surface area contributed by atoms with Crippen LogP contribution in [-0.4, -0.2) is 44.4 Å². The van der Waals surface area contributed by atoms with E-state index in [0.29, 0.717) is 0 Å². The Kier molecular flexibility index (Phi) is 8.38. The number of aliphatic hydroxyl groups is 1. The molecule has 0 aromatic carbocycles. The standard InChI is InChI=1S/C6H12O7S.H3N/c1-12-14(10,11)13-4-5(7)2-3-6(8)9;/h5,7H,2-4H2,1H3,(H,8,9);1H3. The van der Waals surface area contributed by atoms with Crippen LogP contribution in [0, 0.1) is 0 Å². The molecule has 0 fully saturated rings. The van der Waals surface area contributed by atoms with Crippen LogP contribution in [0.2, 0.25) is 0 Å². The van der Waals surface area contributed by atoms with Crippen molar-refractivity contribution in [1.82, 2.24) is 6.15 Å². The van der Waals surface area contributed by atoms with Gasteiger partial charge in [-0.15, -0.1) is 0 Å². The predicted molar refractivity (Wildman–Crippen MR) is 49.8 cm³/mol. The number of hydrogen-bond donors (Lipinski definition) is 3. The lowest BCUT2D eigenvalue weighted by Gasteiger charge is -2.08. The summed E-state index contributed by atoms with van der Waals surface area (Å²) in [6.07, 6.45) is -1.47. The Balaban J connectivity index is 0. The fourth-order valence-corrected chi connectivity index (χ4v) is 1.00. The molecule has 0 aliphatic heterocycles. The van der Waals surface area contributed by atoms with E-state index in [1.807, 2.05) is 0 Å². The zero-order valence-corrected chi connectivity index (χ0v) is 9.07. The van der Waals surface area contributed by atoms with Crippen molar-refractivity contribution in [2.24, 2.45) is 0 Å². The van der Waals surface area contributed by atoms with E-state index in [2.05, 4.69) is 8.37 Å². The van der Waals surface area contributed by atoms with E-state index in [9.17, 15) is 13.2 Å². The van der Waals surface area contributed by atoms with Crippen LogP contribution in [0.4, 0.5) is 0 Å². The molecule has 1 unspecified atom stereocenters. The van der Waals surface area contributed by atoms with Gasteiger partial charge < -0.3 is 16.4 Å². The highest BCUT2D eigenvalue weighted by atomic mass is 32.3. The molecule has 15 heavy (non-hydrogen) atoms. The monoisotopic (exact) mass is 245 g/mol. The molecule has 0 aromatic heterocycles. The number of carboxylic acids is 1. The fraction of sp³-hybridized carbons (Fsp3) is 0.833. The number of carbonyl (C=O) groups is 1. The topological polar surface area (TPSA) is 145 Å². The van der Waals surface area contributed by atoms with Crippen molar-refractivity contribution in [2.75, 3.05) is 13.7 Å². The van der Waals surface area contributed by atoms with Gasteiger partial charge in [-0.2, -0.15) is 8.42 Å². The maximum absolute atomic E-state index is 10.6. The summed E-state index contributed by atoms with van der Waals surface area (Å²) in [4.78, 5) is 10.1. The average Bonchev–Trinajstić information content (AvgIpc) is 2.11. The number of aliphatic carboxylic acids is 1. The van der Waals surface area contributed by atoms with E-state index in [0.717, 1.165) is 7.11 Å². The lowest BCUT2D eigenvalue weighted by molar-refractivity contribution is -0.137. The molecule has 8 nitrogen and oxygen atoms in total. The third-order valence-electron chi connectivity index (χ3n) is 1.30. The Hall–Kier alpha value is -0.740.